The monoisotopic (exact) mass is 293 g/mol. The molecule has 0 unspecified atom stereocenters. The first-order chi connectivity index (χ1) is 9.15. The largest absolute Gasteiger partial charge is 0.477 e. The Kier molecular flexibility index (Phi) is 2.96. The van der Waals surface area contributed by atoms with Gasteiger partial charge in [0.15, 0.2) is 0 Å². The summed E-state index contributed by atoms with van der Waals surface area (Å²) in [5.41, 5.74) is 1.15. The summed E-state index contributed by atoms with van der Waals surface area (Å²) in [5, 5.41) is 16.0. The molecule has 96 valence electrons. The molecule has 0 aromatic carbocycles. The van der Waals surface area contributed by atoms with E-state index in [0.717, 1.165) is 10.3 Å². The molecule has 0 atom stereocenters. The van der Waals surface area contributed by atoms with E-state index in [4.69, 9.17) is 9.63 Å². The normalized spacial score (nSPS) is 11.0. The summed E-state index contributed by atoms with van der Waals surface area (Å²) in [6.45, 7) is 1.82. The number of aryl methyl sites for hydroxylation is 1. The SMILES string of the molecule is Cc1noc2ncnc(Sc3csc(C(=O)O)c3)c12. The van der Waals surface area contributed by atoms with E-state index < -0.39 is 5.97 Å². The second-order valence-electron chi connectivity index (χ2n) is 3.68. The van der Waals surface area contributed by atoms with Crippen LogP contribution in [0.1, 0.15) is 15.4 Å². The van der Waals surface area contributed by atoms with Crippen molar-refractivity contribution < 1.29 is 14.4 Å². The van der Waals surface area contributed by atoms with Gasteiger partial charge in [-0.05, 0) is 13.0 Å². The number of rotatable bonds is 3. The van der Waals surface area contributed by atoms with E-state index in [1.165, 1.54) is 29.4 Å². The lowest BCUT2D eigenvalue weighted by molar-refractivity contribution is 0.0702. The maximum atomic E-state index is 10.8. The summed E-state index contributed by atoms with van der Waals surface area (Å²) in [4.78, 5) is 20.2. The fourth-order valence-electron chi connectivity index (χ4n) is 1.56. The zero-order valence-corrected chi connectivity index (χ0v) is 11.3. The number of nitrogens with zero attached hydrogens (tertiary/aromatic N) is 3. The van der Waals surface area contributed by atoms with Crippen LogP contribution in [0.4, 0.5) is 0 Å². The number of carbonyl (C=O) groups is 1. The summed E-state index contributed by atoms with van der Waals surface area (Å²) in [6.07, 6.45) is 1.40. The molecule has 8 heteroatoms. The highest BCUT2D eigenvalue weighted by molar-refractivity contribution is 7.99. The van der Waals surface area contributed by atoms with Crippen LogP contribution in [-0.2, 0) is 0 Å². The third kappa shape index (κ3) is 2.20. The molecule has 19 heavy (non-hydrogen) atoms. The molecule has 0 fully saturated rings. The van der Waals surface area contributed by atoms with E-state index in [0.29, 0.717) is 21.3 Å². The van der Waals surface area contributed by atoms with Gasteiger partial charge in [-0.15, -0.1) is 11.3 Å². The van der Waals surface area contributed by atoms with Gasteiger partial charge in [0, 0.05) is 10.3 Å². The smallest absolute Gasteiger partial charge is 0.345 e. The van der Waals surface area contributed by atoms with E-state index in [-0.39, 0.29) is 0 Å². The second kappa shape index (κ2) is 4.63. The van der Waals surface area contributed by atoms with Crippen LogP contribution in [0.2, 0.25) is 0 Å². The highest BCUT2D eigenvalue weighted by Gasteiger charge is 2.14. The van der Waals surface area contributed by atoms with Crippen molar-refractivity contribution in [2.45, 2.75) is 16.8 Å². The molecule has 0 aliphatic heterocycles. The Morgan fingerprint density at radius 3 is 3.05 bits per heavy atom. The van der Waals surface area contributed by atoms with Crippen LogP contribution >= 0.6 is 23.1 Å². The molecule has 0 saturated heterocycles. The van der Waals surface area contributed by atoms with Crippen molar-refractivity contribution in [3.05, 3.63) is 28.3 Å². The molecule has 3 rings (SSSR count). The van der Waals surface area contributed by atoms with Crippen LogP contribution in [0.5, 0.6) is 0 Å². The lowest BCUT2D eigenvalue weighted by Gasteiger charge is -1.98. The van der Waals surface area contributed by atoms with E-state index >= 15 is 0 Å². The lowest BCUT2D eigenvalue weighted by Crippen LogP contribution is -1.90. The zero-order valence-electron chi connectivity index (χ0n) is 9.65. The molecule has 0 aliphatic rings. The van der Waals surface area contributed by atoms with E-state index in [2.05, 4.69) is 15.1 Å². The first kappa shape index (κ1) is 12.1. The summed E-state index contributed by atoms with van der Waals surface area (Å²) in [5.74, 6) is -0.925. The Bertz CT molecular complexity index is 765. The molecule has 0 aliphatic carbocycles. The van der Waals surface area contributed by atoms with Gasteiger partial charge in [-0.25, -0.2) is 9.78 Å². The molecule has 0 amide bonds. The first-order valence-electron chi connectivity index (χ1n) is 5.22. The van der Waals surface area contributed by atoms with Gasteiger partial charge in [0.2, 0.25) is 0 Å². The summed E-state index contributed by atoms with van der Waals surface area (Å²) >= 11 is 2.56. The topological polar surface area (TPSA) is 89.1 Å². The zero-order chi connectivity index (χ0) is 13.4. The molecule has 3 aromatic heterocycles. The predicted molar refractivity (Wildman–Crippen MR) is 69.7 cm³/mol. The molecule has 0 saturated carbocycles. The number of aromatic nitrogens is 3. The molecule has 3 heterocycles. The minimum atomic E-state index is -0.925. The minimum absolute atomic E-state index is 0.301. The van der Waals surface area contributed by atoms with Crippen molar-refractivity contribution in [1.82, 2.24) is 15.1 Å². The van der Waals surface area contributed by atoms with Crippen LogP contribution in [0.25, 0.3) is 11.1 Å². The Labute approximate surface area is 115 Å². The fraction of sp³-hybridized carbons (Fsp3) is 0.0909. The summed E-state index contributed by atoms with van der Waals surface area (Å²) < 4.78 is 5.06. The van der Waals surface area contributed by atoms with Crippen molar-refractivity contribution in [2.75, 3.05) is 0 Å². The standard InChI is InChI=1S/C11H7N3O3S2/c1-5-8-9(17-14-5)12-4-13-10(8)19-6-2-7(11(15)16)18-3-6/h2-4H,1H3,(H,15,16). The van der Waals surface area contributed by atoms with Gasteiger partial charge in [0.25, 0.3) is 5.71 Å². The van der Waals surface area contributed by atoms with Gasteiger partial charge in [-0.3, -0.25) is 0 Å². The maximum Gasteiger partial charge on any atom is 0.345 e. The quantitative estimate of drug-likeness (QED) is 0.742. The van der Waals surface area contributed by atoms with Gasteiger partial charge in [-0.1, -0.05) is 16.9 Å². The molecule has 6 nitrogen and oxygen atoms in total. The van der Waals surface area contributed by atoms with E-state index in [1.54, 1.807) is 11.4 Å². The number of fused-ring (bicyclic) bond motifs is 1. The minimum Gasteiger partial charge on any atom is -0.477 e. The van der Waals surface area contributed by atoms with Crippen molar-refractivity contribution in [3.8, 4) is 0 Å². The van der Waals surface area contributed by atoms with Crippen molar-refractivity contribution in [3.63, 3.8) is 0 Å². The maximum absolute atomic E-state index is 10.8. The fourth-order valence-corrected chi connectivity index (χ4v) is 3.42. The Hall–Kier alpha value is -1.93. The van der Waals surface area contributed by atoms with Gasteiger partial charge < -0.3 is 9.63 Å². The van der Waals surface area contributed by atoms with Crippen molar-refractivity contribution in [2.24, 2.45) is 0 Å². The molecule has 1 N–H and O–H groups in total. The number of carboxylic acid groups (broad SMARTS) is 1. The predicted octanol–water partition coefficient (Wildman–Crippen LogP) is 2.84. The van der Waals surface area contributed by atoms with Crippen LogP contribution in [-0.4, -0.2) is 26.2 Å². The molecule has 0 bridgehead atoms. The molecular formula is C11H7N3O3S2. The number of carboxylic acids is 1. The Morgan fingerprint density at radius 2 is 2.32 bits per heavy atom. The third-order valence-electron chi connectivity index (χ3n) is 2.41. The van der Waals surface area contributed by atoms with Crippen LogP contribution < -0.4 is 0 Å². The van der Waals surface area contributed by atoms with Crippen LogP contribution in [0, 0.1) is 6.92 Å². The van der Waals surface area contributed by atoms with Crippen molar-refractivity contribution in [1.29, 1.82) is 0 Å². The van der Waals surface area contributed by atoms with Crippen LogP contribution in [0.15, 0.2) is 32.2 Å². The van der Waals surface area contributed by atoms with Gasteiger partial charge in [-0.2, -0.15) is 4.98 Å². The van der Waals surface area contributed by atoms with Gasteiger partial charge >= 0.3 is 5.97 Å². The first-order valence-corrected chi connectivity index (χ1v) is 6.91. The average Bonchev–Trinajstić information content (AvgIpc) is 2.98. The third-order valence-corrected chi connectivity index (χ3v) is 4.45. The average molecular weight is 293 g/mol. The lowest BCUT2D eigenvalue weighted by atomic mass is 10.3. The van der Waals surface area contributed by atoms with E-state index in [9.17, 15) is 4.79 Å². The van der Waals surface area contributed by atoms with Gasteiger partial charge in [0.05, 0.1) is 11.1 Å². The molecule has 3 aromatic rings. The van der Waals surface area contributed by atoms with E-state index in [1.807, 2.05) is 6.92 Å². The molecule has 0 spiro atoms. The van der Waals surface area contributed by atoms with Crippen molar-refractivity contribution >= 4 is 40.2 Å². The number of hydrogen-bond acceptors (Lipinski definition) is 7. The number of thiophene rings is 1. The Morgan fingerprint density at radius 1 is 1.47 bits per heavy atom. The van der Waals surface area contributed by atoms with Crippen LogP contribution in [0.3, 0.4) is 0 Å². The summed E-state index contributed by atoms with van der Waals surface area (Å²) in [6, 6.07) is 1.62. The van der Waals surface area contributed by atoms with Gasteiger partial charge in [0.1, 0.15) is 16.2 Å². The summed E-state index contributed by atoms with van der Waals surface area (Å²) in [7, 11) is 0. The molecule has 0 radical (unpaired) electrons. The molecular weight excluding hydrogens is 286 g/mol. The highest BCUT2D eigenvalue weighted by atomic mass is 32.2. The second-order valence-corrected chi connectivity index (χ2v) is 5.65. The highest BCUT2D eigenvalue weighted by Crippen LogP contribution is 2.34. The number of hydrogen-bond donors (Lipinski definition) is 1. The Balaban J connectivity index is 2.00. The number of aromatic carboxylic acids is 1.